The number of fused-ring (bicyclic) bond motifs is 1. The van der Waals surface area contributed by atoms with E-state index < -0.39 is 16.0 Å². The average molecular weight is 419 g/mol. The summed E-state index contributed by atoms with van der Waals surface area (Å²) in [6.07, 6.45) is 0.651. The summed E-state index contributed by atoms with van der Waals surface area (Å²) in [7, 11) is -3.63. The van der Waals surface area contributed by atoms with Crippen molar-refractivity contribution in [2.45, 2.75) is 25.2 Å². The summed E-state index contributed by atoms with van der Waals surface area (Å²) in [6.45, 7) is 4.28. The number of hydrogen-bond acceptors (Lipinski definition) is 5. The molecule has 1 aliphatic heterocycles. The molecule has 7 nitrogen and oxygen atoms in total. The highest BCUT2D eigenvalue weighted by Crippen LogP contribution is 2.23. The minimum Gasteiger partial charge on any atom is -0.455 e. The number of benzene rings is 2. The van der Waals surface area contributed by atoms with Crippen molar-refractivity contribution in [2.24, 2.45) is 5.92 Å². The largest absolute Gasteiger partial charge is 0.455 e. The van der Waals surface area contributed by atoms with Crippen LogP contribution in [0.5, 0.6) is 0 Å². The van der Waals surface area contributed by atoms with Crippen molar-refractivity contribution in [1.29, 1.82) is 0 Å². The summed E-state index contributed by atoms with van der Waals surface area (Å²) in [4.78, 5) is 25.8. The van der Waals surface area contributed by atoms with Crippen molar-refractivity contribution >= 4 is 32.7 Å². The van der Waals surface area contributed by atoms with Crippen LogP contribution in [-0.4, -0.2) is 62.3 Å². The van der Waals surface area contributed by atoms with Gasteiger partial charge in [0.2, 0.25) is 10.0 Å². The zero-order chi connectivity index (χ0) is 21.0. The molecule has 1 aliphatic rings. The monoisotopic (exact) mass is 418 g/mol. The predicted octanol–water partition coefficient (Wildman–Crippen LogP) is 2.26. The fraction of sp³-hybridized carbons (Fsp3) is 0.429. The third kappa shape index (κ3) is 4.76. The molecule has 2 aromatic rings. The van der Waals surface area contributed by atoms with Gasteiger partial charge in [-0.05, 0) is 29.3 Å². The maximum absolute atomic E-state index is 13.0. The summed E-state index contributed by atoms with van der Waals surface area (Å²) >= 11 is 0. The van der Waals surface area contributed by atoms with Gasteiger partial charge in [0.1, 0.15) is 0 Å². The number of amides is 1. The Morgan fingerprint density at radius 2 is 1.69 bits per heavy atom. The number of nitrogens with zero attached hydrogens (tertiary/aromatic N) is 2. The summed E-state index contributed by atoms with van der Waals surface area (Å²) in [5.41, 5.74) is 0. The van der Waals surface area contributed by atoms with Gasteiger partial charge in [-0.25, -0.2) is 8.42 Å². The molecule has 0 bridgehead atoms. The van der Waals surface area contributed by atoms with Gasteiger partial charge < -0.3 is 9.64 Å². The fourth-order valence-electron chi connectivity index (χ4n) is 3.19. The molecule has 1 heterocycles. The normalized spacial score (nSPS) is 16.6. The Morgan fingerprint density at radius 3 is 2.34 bits per heavy atom. The second-order valence-electron chi connectivity index (χ2n) is 7.21. The SMILES string of the molecule is CCC(C)C(=O)OCC(=O)N1CCN(S(=O)(=O)c2ccc3ccccc3c2)CC1. The van der Waals surface area contributed by atoms with Gasteiger partial charge in [0.05, 0.1) is 10.8 Å². The van der Waals surface area contributed by atoms with E-state index >= 15 is 0 Å². The van der Waals surface area contributed by atoms with Crippen molar-refractivity contribution < 1.29 is 22.7 Å². The standard InChI is InChI=1S/C21H26N2O5S/c1-3-16(2)21(25)28-15-20(24)22-10-12-23(13-11-22)29(26,27)19-9-8-17-6-4-5-7-18(17)14-19/h4-9,14,16H,3,10-13,15H2,1-2H3. The van der Waals surface area contributed by atoms with Gasteiger partial charge in [-0.3, -0.25) is 9.59 Å². The molecule has 0 aromatic heterocycles. The lowest BCUT2D eigenvalue weighted by atomic mass is 10.1. The summed E-state index contributed by atoms with van der Waals surface area (Å²) in [5, 5.41) is 1.85. The molecule has 1 fully saturated rings. The molecule has 3 rings (SSSR count). The first kappa shape index (κ1) is 21.3. The molecule has 1 saturated heterocycles. The molecular formula is C21H26N2O5S. The van der Waals surface area contributed by atoms with Crippen LogP contribution in [0.25, 0.3) is 10.8 Å². The second kappa shape index (κ2) is 8.92. The molecule has 0 radical (unpaired) electrons. The van der Waals surface area contributed by atoms with E-state index in [1.54, 1.807) is 25.1 Å². The zero-order valence-electron chi connectivity index (χ0n) is 16.7. The number of carbonyl (C=O) groups is 2. The fourth-order valence-corrected chi connectivity index (χ4v) is 4.65. The van der Waals surface area contributed by atoms with Crippen LogP contribution in [0.15, 0.2) is 47.4 Å². The van der Waals surface area contributed by atoms with Crippen LogP contribution in [0, 0.1) is 5.92 Å². The number of carbonyl (C=O) groups excluding carboxylic acids is 2. The van der Waals surface area contributed by atoms with Gasteiger partial charge in [-0.1, -0.05) is 44.2 Å². The molecule has 1 amide bonds. The first-order chi connectivity index (χ1) is 13.8. The van der Waals surface area contributed by atoms with Crippen LogP contribution in [-0.2, 0) is 24.3 Å². The number of piperazine rings is 1. The van der Waals surface area contributed by atoms with Crippen LogP contribution in [0.4, 0.5) is 0 Å². The summed E-state index contributed by atoms with van der Waals surface area (Å²) in [5.74, 6) is -0.936. The number of ether oxygens (including phenoxy) is 1. The van der Waals surface area contributed by atoms with Crippen molar-refractivity contribution in [3.63, 3.8) is 0 Å². The van der Waals surface area contributed by atoms with Gasteiger partial charge in [0.15, 0.2) is 6.61 Å². The topological polar surface area (TPSA) is 84.0 Å². The van der Waals surface area contributed by atoms with Crippen LogP contribution in [0.3, 0.4) is 0 Å². The molecule has 29 heavy (non-hydrogen) atoms. The number of rotatable bonds is 6. The minimum absolute atomic E-state index is 0.209. The molecule has 1 unspecified atom stereocenters. The number of sulfonamides is 1. The molecule has 0 N–H and O–H groups in total. The molecule has 156 valence electrons. The predicted molar refractivity (Wildman–Crippen MR) is 110 cm³/mol. The molecule has 0 aliphatic carbocycles. The first-order valence-electron chi connectivity index (χ1n) is 9.76. The van der Waals surface area contributed by atoms with E-state index in [1.807, 2.05) is 31.2 Å². The first-order valence-corrected chi connectivity index (χ1v) is 11.2. The Balaban J connectivity index is 1.60. The maximum atomic E-state index is 13.0. The van der Waals surface area contributed by atoms with Gasteiger partial charge in [-0.2, -0.15) is 4.31 Å². The average Bonchev–Trinajstić information content (AvgIpc) is 2.76. The molecule has 1 atom stereocenters. The van der Waals surface area contributed by atoms with Crippen molar-refractivity contribution in [2.75, 3.05) is 32.8 Å². The van der Waals surface area contributed by atoms with Crippen LogP contribution in [0.1, 0.15) is 20.3 Å². The van der Waals surface area contributed by atoms with E-state index in [4.69, 9.17) is 4.74 Å². The third-order valence-electron chi connectivity index (χ3n) is 5.30. The van der Waals surface area contributed by atoms with Gasteiger partial charge in [-0.15, -0.1) is 0 Å². The Kier molecular flexibility index (Phi) is 6.54. The highest BCUT2D eigenvalue weighted by molar-refractivity contribution is 7.89. The number of hydrogen-bond donors (Lipinski definition) is 0. The van der Waals surface area contributed by atoms with Gasteiger partial charge in [0.25, 0.3) is 5.91 Å². The van der Waals surface area contributed by atoms with E-state index in [0.29, 0.717) is 6.42 Å². The zero-order valence-corrected chi connectivity index (χ0v) is 17.5. The van der Waals surface area contributed by atoms with Crippen molar-refractivity contribution in [3.8, 4) is 0 Å². The van der Waals surface area contributed by atoms with Crippen LogP contribution < -0.4 is 0 Å². The Hall–Kier alpha value is -2.45. The minimum atomic E-state index is -3.63. The number of esters is 1. The molecular weight excluding hydrogens is 392 g/mol. The van der Waals surface area contributed by atoms with E-state index in [-0.39, 0.29) is 49.5 Å². The highest BCUT2D eigenvalue weighted by atomic mass is 32.2. The Bertz CT molecular complexity index is 997. The molecule has 8 heteroatoms. The summed E-state index contributed by atoms with van der Waals surface area (Å²) < 4.78 is 32.4. The third-order valence-corrected chi connectivity index (χ3v) is 7.20. The Labute approximate surface area is 171 Å². The lowest BCUT2D eigenvalue weighted by Crippen LogP contribution is -2.51. The highest BCUT2D eigenvalue weighted by Gasteiger charge is 2.30. The van der Waals surface area contributed by atoms with Gasteiger partial charge in [0, 0.05) is 26.2 Å². The summed E-state index contributed by atoms with van der Waals surface area (Å²) in [6, 6.07) is 12.7. The molecule has 0 saturated carbocycles. The van der Waals surface area contributed by atoms with E-state index in [1.165, 1.54) is 9.21 Å². The lowest BCUT2D eigenvalue weighted by molar-refractivity contribution is -0.155. The van der Waals surface area contributed by atoms with Gasteiger partial charge >= 0.3 is 5.97 Å². The maximum Gasteiger partial charge on any atom is 0.309 e. The van der Waals surface area contributed by atoms with E-state index in [2.05, 4.69) is 0 Å². The molecule has 2 aromatic carbocycles. The quantitative estimate of drug-likeness (QED) is 0.672. The van der Waals surface area contributed by atoms with Crippen molar-refractivity contribution in [1.82, 2.24) is 9.21 Å². The van der Waals surface area contributed by atoms with E-state index in [9.17, 15) is 18.0 Å². The lowest BCUT2D eigenvalue weighted by Gasteiger charge is -2.34. The van der Waals surface area contributed by atoms with Crippen LogP contribution >= 0.6 is 0 Å². The Morgan fingerprint density at radius 1 is 1.03 bits per heavy atom. The van der Waals surface area contributed by atoms with Crippen LogP contribution in [0.2, 0.25) is 0 Å². The molecule has 0 spiro atoms. The second-order valence-corrected chi connectivity index (χ2v) is 9.15. The van der Waals surface area contributed by atoms with Crippen molar-refractivity contribution in [3.05, 3.63) is 42.5 Å². The smallest absolute Gasteiger partial charge is 0.309 e. The van der Waals surface area contributed by atoms with E-state index in [0.717, 1.165) is 10.8 Å².